The Kier molecular flexibility index (Phi) is 6.85. The molecule has 0 aromatic rings. The smallest absolute Gasteiger partial charge is 0.238 e. The van der Waals surface area contributed by atoms with E-state index in [-0.39, 0.29) is 24.3 Å². The highest BCUT2D eigenvalue weighted by molar-refractivity contribution is 6.57. The van der Waals surface area contributed by atoms with Crippen molar-refractivity contribution in [2.45, 2.75) is 46.8 Å². The van der Waals surface area contributed by atoms with E-state index in [4.69, 9.17) is 0 Å². The third kappa shape index (κ3) is 7.32. The number of carbonyl (C=O) groups excluding carboxylic acids is 2. The van der Waals surface area contributed by atoms with Crippen LogP contribution in [0.2, 0.25) is 13.6 Å². The Labute approximate surface area is 98.6 Å². The summed E-state index contributed by atoms with van der Waals surface area (Å²) in [6, 6.07) is 0. The summed E-state index contributed by atoms with van der Waals surface area (Å²) in [5.41, 5.74) is 0. The molecule has 5 heteroatoms. The molecule has 0 aliphatic rings. The molecule has 0 bridgehead atoms. The van der Waals surface area contributed by atoms with Gasteiger partial charge in [0.05, 0.1) is 6.54 Å². The second-order valence-corrected chi connectivity index (χ2v) is 4.96. The fourth-order valence-corrected chi connectivity index (χ4v) is 1.47. The molecule has 0 heterocycles. The van der Waals surface area contributed by atoms with Gasteiger partial charge in [-0.2, -0.15) is 0 Å². The molecule has 0 saturated heterocycles. The van der Waals surface area contributed by atoms with Crippen LogP contribution in [0.3, 0.4) is 0 Å². The van der Waals surface area contributed by atoms with Gasteiger partial charge >= 0.3 is 0 Å². The Morgan fingerprint density at radius 1 is 1.25 bits per heavy atom. The van der Waals surface area contributed by atoms with E-state index < -0.39 is 0 Å². The number of carbonyl (C=O) groups is 2. The first-order chi connectivity index (χ1) is 7.32. The van der Waals surface area contributed by atoms with Crippen LogP contribution in [0, 0.1) is 5.92 Å². The molecule has 92 valence electrons. The van der Waals surface area contributed by atoms with E-state index in [2.05, 4.69) is 38.1 Å². The molecular weight excluding hydrogens is 203 g/mol. The van der Waals surface area contributed by atoms with Crippen LogP contribution < -0.4 is 10.6 Å². The van der Waals surface area contributed by atoms with Gasteiger partial charge < -0.3 is 10.6 Å². The van der Waals surface area contributed by atoms with E-state index in [0.29, 0.717) is 12.6 Å². The molecule has 16 heavy (non-hydrogen) atoms. The van der Waals surface area contributed by atoms with Crippen molar-refractivity contribution in [3.8, 4) is 0 Å². The van der Waals surface area contributed by atoms with Gasteiger partial charge in [0.2, 0.25) is 11.8 Å². The van der Waals surface area contributed by atoms with Gasteiger partial charge in [-0.1, -0.05) is 27.5 Å². The highest BCUT2D eigenvalue weighted by Crippen LogP contribution is 2.07. The van der Waals surface area contributed by atoms with Crippen LogP contribution in [0.25, 0.3) is 0 Å². The van der Waals surface area contributed by atoms with Crippen LogP contribution in [-0.4, -0.2) is 31.0 Å². The lowest BCUT2D eigenvalue weighted by Gasteiger charge is -2.22. The van der Waals surface area contributed by atoms with E-state index in [1.165, 1.54) is 6.92 Å². The van der Waals surface area contributed by atoms with Crippen LogP contribution >= 0.6 is 0 Å². The average Bonchev–Trinajstić information content (AvgIpc) is 2.12. The van der Waals surface area contributed by atoms with Crippen molar-refractivity contribution in [3.63, 3.8) is 0 Å². The molecule has 0 aromatic carbocycles. The van der Waals surface area contributed by atoms with Crippen LogP contribution in [-0.2, 0) is 9.59 Å². The first kappa shape index (κ1) is 15.0. The Hall–Kier alpha value is -0.995. The van der Waals surface area contributed by atoms with Crippen molar-refractivity contribution in [3.05, 3.63) is 0 Å². The normalized spacial score (nSPS) is 12.1. The molecule has 0 aliphatic carbocycles. The van der Waals surface area contributed by atoms with Gasteiger partial charge in [0.25, 0.3) is 0 Å². The van der Waals surface area contributed by atoms with Crippen molar-refractivity contribution >= 4 is 18.5 Å². The first-order valence-electron chi connectivity index (χ1n) is 5.86. The van der Waals surface area contributed by atoms with Gasteiger partial charge in [-0.25, -0.2) is 0 Å². The van der Waals surface area contributed by atoms with Crippen molar-refractivity contribution in [1.82, 2.24) is 10.6 Å². The predicted octanol–water partition coefficient (Wildman–Crippen LogP) is 0.947. The fraction of sp³-hybridized carbons (Fsp3) is 0.818. The first-order valence-corrected chi connectivity index (χ1v) is 5.86. The van der Waals surface area contributed by atoms with Crippen molar-refractivity contribution in [1.29, 1.82) is 0 Å². The minimum Gasteiger partial charge on any atom is -0.359 e. The van der Waals surface area contributed by atoms with Gasteiger partial charge in [-0.3, -0.25) is 9.59 Å². The van der Waals surface area contributed by atoms with Crippen LogP contribution in [0.15, 0.2) is 0 Å². The van der Waals surface area contributed by atoms with Crippen LogP contribution in [0.1, 0.15) is 27.2 Å². The monoisotopic (exact) mass is 226 g/mol. The van der Waals surface area contributed by atoms with E-state index >= 15 is 0 Å². The van der Waals surface area contributed by atoms with Gasteiger partial charge in [-0.05, 0) is 12.3 Å². The minimum atomic E-state index is -0.180. The maximum atomic E-state index is 11.5. The number of amides is 2. The summed E-state index contributed by atoms with van der Waals surface area (Å²) in [5.74, 6) is 0.435. The lowest BCUT2D eigenvalue weighted by molar-refractivity contribution is -0.125. The maximum absolute atomic E-state index is 11.5. The Bertz CT molecular complexity index is 242. The molecule has 2 N–H and O–H groups in total. The van der Waals surface area contributed by atoms with E-state index in [9.17, 15) is 9.59 Å². The maximum Gasteiger partial charge on any atom is 0.238 e. The number of nitrogens with one attached hydrogen (secondary N) is 2. The third-order valence-corrected chi connectivity index (χ3v) is 2.37. The van der Waals surface area contributed by atoms with Crippen LogP contribution in [0.4, 0.5) is 0 Å². The van der Waals surface area contributed by atoms with Gasteiger partial charge in [0.15, 0.2) is 6.71 Å². The number of hydrogen-bond acceptors (Lipinski definition) is 2. The van der Waals surface area contributed by atoms with Crippen molar-refractivity contribution in [2.24, 2.45) is 5.92 Å². The zero-order valence-corrected chi connectivity index (χ0v) is 11.0. The largest absolute Gasteiger partial charge is 0.359 e. The van der Waals surface area contributed by atoms with Crippen LogP contribution in [0.5, 0.6) is 0 Å². The van der Waals surface area contributed by atoms with E-state index in [1.54, 1.807) is 0 Å². The van der Waals surface area contributed by atoms with Gasteiger partial charge in [-0.15, -0.1) is 0 Å². The highest BCUT2D eigenvalue weighted by atomic mass is 16.2. The zero-order chi connectivity index (χ0) is 12.7. The van der Waals surface area contributed by atoms with E-state index in [1.807, 2.05) is 0 Å². The molecule has 4 nitrogen and oxygen atoms in total. The summed E-state index contributed by atoms with van der Waals surface area (Å²) in [6.07, 6.45) is 0.962. The fourth-order valence-electron chi connectivity index (χ4n) is 1.47. The minimum absolute atomic E-state index is 0.0661. The van der Waals surface area contributed by atoms with Gasteiger partial charge in [0, 0.05) is 12.9 Å². The SMILES string of the molecule is CB(C)[C@H](CC(C)C)NC(=O)CNC(C)=O. The van der Waals surface area contributed by atoms with Crippen molar-refractivity contribution in [2.75, 3.05) is 6.54 Å². The standard InChI is InChI=1S/C11H23BN2O2/c1-8(2)6-10(12(4)5)14-11(16)7-13-9(3)15/h8,10H,6-7H2,1-5H3,(H,13,15)(H,14,16)/t10-/m0/s1. The quantitative estimate of drug-likeness (QED) is 0.662. The Morgan fingerprint density at radius 2 is 1.81 bits per heavy atom. The topological polar surface area (TPSA) is 58.2 Å². The molecule has 2 amide bonds. The summed E-state index contributed by atoms with van der Waals surface area (Å²) in [7, 11) is 0. The Balaban J connectivity index is 4.08. The summed E-state index contributed by atoms with van der Waals surface area (Å²) in [6.45, 7) is 10.3. The molecule has 0 aliphatic heterocycles. The predicted molar refractivity (Wildman–Crippen MR) is 67.6 cm³/mol. The number of rotatable bonds is 6. The van der Waals surface area contributed by atoms with Crippen molar-refractivity contribution < 1.29 is 9.59 Å². The molecular formula is C11H23BN2O2. The Morgan fingerprint density at radius 3 is 2.19 bits per heavy atom. The molecule has 0 spiro atoms. The highest BCUT2D eigenvalue weighted by Gasteiger charge is 2.19. The zero-order valence-electron chi connectivity index (χ0n) is 11.0. The summed E-state index contributed by atoms with van der Waals surface area (Å²) >= 11 is 0. The lowest BCUT2D eigenvalue weighted by Crippen LogP contribution is -2.47. The molecule has 0 rings (SSSR count). The average molecular weight is 226 g/mol. The van der Waals surface area contributed by atoms with E-state index in [0.717, 1.165) is 6.42 Å². The summed E-state index contributed by atoms with van der Waals surface area (Å²) < 4.78 is 0. The summed E-state index contributed by atoms with van der Waals surface area (Å²) in [5, 5.41) is 5.44. The molecule has 1 atom stereocenters. The molecule has 0 fully saturated rings. The summed E-state index contributed by atoms with van der Waals surface area (Å²) in [4.78, 5) is 22.2. The second-order valence-electron chi connectivity index (χ2n) is 4.96. The molecule has 0 radical (unpaired) electrons. The second kappa shape index (κ2) is 7.31. The number of hydrogen-bond donors (Lipinski definition) is 2. The third-order valence-electron chi connectivity index (χ3n) is 2.37. The molecule has 0 unspecified atom stereocenters. The lowest BCUT2D eigenvalue weighted by atomic mass is 9.47. The molecule has 0 aromatic heterocycles. The molecule has 0 saturated carbocycles. The van der Waals surface area contributed by atoms with Gasteiger partial charge in [0.1, 0.15) is 0 Å².